The van der Waals surface area contributed by atoms with Gasteiger partial charge < -0.3 is 4.74 Å². The fourth-order valence-electron chi connectivity index (χ4n) is 3.16. The molecule has 0 aromatic heterocycles. The lowest BCUT2D eigenvalue weighted by Crippen LogP contribution is -2.33. The number of ether oxygens (including phenoxy) is 1. The molecule has 0 saturated carbocycles. The van der Waals surface area contributed by atoms with E-state index in [2.05, 4.69) is 4.72 Å². The number of halogens is 1. The van der Waals surface area contributed by atoms with Gasteiger partial charge in [0.05, 0.1) is 24.0 Å². The van der Waals surface area contributed by atoms with Crippen molar-refractivity contribution in [3.05, 3.63) is 53.8 Å². The van der Waals surface area contributed by atoms with E-state index >= 15 is 0 Å². The topological polar surface area (TPSA) is 110 Å². The Balaban J connectivity index is 2.01. The van der Waals surface area contributed by atoms with E-state index in [0.29, 0.717) is 4.31 Å². The molecule has 0 spiro atoms. The highest BCUT2D eigenvalue weighted by Crippen LogP contribution is 2.38. The molecule has 162 valence electrons. The molecule has 1 aliphatic rings. The minimum absolute atomic E-state index is 0.0527. The molecule has 1 amide bonds. The molecule has 1 aliphatic heterocycles. The number of amides is 1. The van der Waals surface area contributed by atoms with Crippen molar-refractivity contribution in [2.45, 2.75) is 25.3 Å². The third kappa shape index (κ3) is 4.05. The fourth-order valence-corrected chi connectivity index (χ4v) is 6.45. The van der Waals surface area contributed by atoms with Gasteiger partial charge in [0.2, 0.25) is 26.0 Å². The van der Waals surface area contributed by atoms with Gasteiger partial charge in [-0.15, -0.1) is 0 Å². The van der Waals surface area contributed by atoms with Crippen molar-refractivity contribution in [3.63, 3.8) is 0 Å². The molecule has 11 heteroatoms. The van der Waals surface area contributed by atoms with Crippen LogP contribution in [-0.2, 0) is 31.4 Å². The molecule has 2 aromatic carbocycles. The Morgan fingerprint density at radius 1 is 1.20 bits per heavy atom. The van der Waals surface area contributed by atoms with E-state index in [1.807, 2.05) is 0 Å². The summed E-state index contributed by atoms with van der Waals surface area (Å²) in [5.41, 5.74) is -1.12. The monoisotopic (exact) mass is 456 g/mol. The van der Waals surface area contributed by atoms with Gasteiger partial charge in [0.25, 0.3) is 0 Å². The normalized spacial score (nSPS) is 17.9. The molecule has 1 heterocycles. The molecule has 30 heavy (non-hydrogen) atoms. The molecule has 3 rings (SSSR count). The van der Waals surface area contributed by atoms with Crippen LogP contribution in [0.3, 0.4) is 0 Å². The number of carbonyl (C=O) groups excluding carboxylic acids is 1. The number of sulfonamides is 2. The number of nitrogens with zero attached hydrogens (tertiary/aromatic N) is 1. The molecule has 1 saturated heterocycles. The summed E-state index contributed by atoms with van der Waals surface area (Å²) in [6, 6.07) is 9.31. The maximum atomic E-state index is 13.8. The first kappa shape index (κ1) is 22.2. The van der Waals surface area contributed by atoms with Crippen molar-refractivity contribution < 1.29 is 30.8 Å². The predicted octanol–water partition coefficient (Wildman–Crippen LogP) is 2.02. The Morgan fingerprint density at radius 2 is 1.87 bits per heavy atom. The van der Waals surface area contributed by atoms with Gasteiger partial charge >= 0.3 is 0 Å². The summed E-state index contributed by atoms with van der Waals surface area (Å²) in [5, 5.41) is 0. The van der Waals surface area contributed by atoms with Crippen molar-refractivity contribution in [2.24, 2.45) is 5.41 Å². The van der Waals surface area contributed by atoms with Crippen LogP contribution in [0.5, 0.6) is 5.75 Å². The van der Waals surface area contributed by atoms with Crippen LogP contribution in [-0.4, -0.2) is 35.6 Å². The van der Waals surface area contributed by atoms with Gasteiger partial charge in [-0.25, -0.2) is 30.3 Å². The number of anilines is 1. The highest BCUT2D eigenvalue weighted by Gasteiger charge is 2.50. The van der Waals surface area contributed by atoms with Crippen molar-refractivity contribution in [1.29, 1.82) is 0 Å². The Labute approximate surface area is 174 Å². The Hall–Kier alpha value is -2.50. The summed E-state index contributed by atoms with van der Waals surface area (Å²) in [7, 11) is -6.93. The maximum absolute atomic E-state index is 13.8. The number of hydrogen-bond donors (Lipinski definition) is 1. The van der Waals surface area contributed by atoms with Gasteiger partial charge in [-0.2, -0.15) is 0 Å². The molecule has 2 aromatic rings. The second kappa shape index (κ2) is 7.64. The van der Waals surface area contributed by atoms with E-state index in [9.17, 15) is 26.0 Å². The van der Waals surface area contributed by atoms with Crippen LogP contribution in [0.2, 0.25) is 0 Å². The smallest absolute Gasteiger partial charge is 0.247 e. The van der Waals surface area contributed by atoms with Crippen molar-refractivity contribution >= 4 is 31.6 Å². The van der Waals surface area contributed by atoms with Gasteiger partial charge in [0.1, 0.15) is 16.5 Å². The number of methoxy groups -OCH3 is 1. The Bertz CT molecular complexity index is 1210. The first-order chi connectivity index (χ1) is 13.9. The molecular weight excluding hydrogens is 435 g/mol. The van der Waals surface area contributed by atoms with Crippen LogP contribution in [0.4, 0.5) is 10.1 Å². The minimum Gasteiger partial charge on any atom is -0.495 e. The molecule has 8 nitrogen and oxygen atoms in total. The highest BCUT2D eigenvalue weighted by atomic mass is 32.2. The van der Waals surface area contributed by atoms with Gasteiger partial charge in [-0.1, -0.05) is 18.2 Å². The molecule has 0 bridgehead atoms. The Kier molecular flexibility index (Phi) is 5.65. The third-order valence-corrected chi connectivity index (χ3v) is 8.11. The molecular formula is C19H21FN2O6S2. The van der Waals surface area contributed by atoms with Crippen molar-refractivity contribution in [2.75, 3.05) is 17.2 Å². The fraction of sp³-hybridized carbons (Fsp3) is 0.316. The summed E-state index contributed by atoms with van der Waals surface area (Å²) in [6.45, 7) is 2.68. The lowest BCUT2D eigenvalue weighted by Gasteiger charge is -2.19. The SMILES string of the molecule is COc1ccc(N2C(=O)C(C)(C)CS2(=O)=O)cc1S(=O)(=O)NCc1ccccc1F. The molecule has 1 fully saturated rings. The number of hydrogen-bond acceptors (Lipinski definition) is 6. The predicted molar refractivity (Wildman–Crippen MR) is 108 cm³/mol. The van der Waals surface area contributed by atoms with E-state index in [-0.39, 0.29) is 28.4 Å². The summed E-state index contributed by atoms with van der Waals surface area (Å²) in [5.74, 6) is -1.67. The standard InChI is InChI=1S/C19H21FN2O6S2/c1-19(2)12-29(24,25)22(18(19)23)14-8-9-16(28-3)17(10-14)30(26,27)21-11-13-6-4-5-7-15(13)20/h4-10,21H,11-12H2,1-3H3. The zero-order valence-electron chi connectivity index (χ0n) is 16.5. The van der Waals surface area contributed by atoms with Gasteiger partial charge in [-0.05, 0) is 38.1 Å². The second-order valence-corrected chi connectivity index (χ2v) is 11.0. The summed E-state index contributed by atoms with van der Waals surface area (Å²) >= 11 is 0. The zero-order valence-corrected chi connectivity index (χ0v) is 18.2. The van der Waals surface area contributed by atoms with Crippen LogP contribution < -0.4 is 13.8 Å². The number of benzene rings is 2. The van der Waals surface area contributed by atoms with E-state index in [4.69, 9.17) is 4.74 Å². The first-order valence-electron chi connectivity index (χ1n) is 8.87. The first-order valence-corrected chi connectivity index (χ1v) is 12.0. The third-order valence-electron chi connectivity index (χ3n) is 4.67. The van der Waals surface area contributed by atoms with E-state index in [0.717, 1.165) is 6.07 Å². The molecule has 0 atom stereocenters. The van der Waals surface area contributed by atoms with Crippen LogP contribution in [0, 0.1) is 11.2 Å². The van der Waals surface area contributed by atoms with E-state index in [1.165, 1.54) is 51.3 Å². The molecule has 1 N–H and O–H groups in total. The lowest BCUT2D eigenvalue weighted by atomic mass is 9.95. The summed E-state index contributed by atoms with van der Waals surface area (Å²) < 4.78 is 72.6. The number of carbonyl (C=O) groups is 1. The number of nitrogens with one attached hydrogen (secondary N) is 1. The van der Waals surface area contributed by atoms with Crippen LogP contribution >= 0.6 is 0 Å². The molecule has 0 unspecified atom stereocenters. The Morgan fingerprint density at radius 3 is 2.43 bits per heavy atom. The lowest BCUT2D eigenvalue weighted by molar-refractivity contribution is -0.123. The zero-order chi connectivity index (χ0) is 22.3. The van der Waals surface area contributed by atoms with Crippen molar-refractivity contribution in [3.8, 4) is 5.75 Å². The average Bonchev–Trinajstić information content (AvgIpc) is 2.83. The maximum Gasteiger partial charge on any atom is 0.247 e. The summed E-state index contributed by atoms with van der Waals surface area (Å²) in [6.07, 6.45) is 0. The van der Waals surface area contributed by atoms with Gasteiger partial charge in [-0.3, -0.25) is 4.79 Å². The van der Waals surface area contributed by atoms with Gasteiger partial charge in [0.15, 0.2) is 0 Å². The van der Waals surface area contributed by atoms with Crippen molar-refractivity contribution in [1.82, 2.24) is 4.72 Å². The van der Waals surface area contributed by atoms with E-state index < -0.39 is 42.9 Å². The van der Waals surface area contributed by atoms with E-state index in [1.54, 1.807) is 6.07 Å². The number of rotatable bonds is 6. The largest absolute Gasteiger partial charge is 0.495 e. The quantitative estimate of drug-likeness (QED) is 0.712. The van der Waals surface area contributed by atoms with Gasteiger partial charge in [0, 0.05) is 12.1 Å². The molecule has 0 radical (unpaired) electrons. The van der Waals surface area contributed by atoms with Crippen LogP contribution in [0.1, 0.15) is 19.4 Å². The molecule has 0 aliphatic carbocycles. The summed E-state index contributed by atoms with van der Waals surface area (Å²) in [4.78, 5) is 12.2. The highest BCUT2D eigenvalue weighted by molar-refractivity contribution is 7.94. The van der Waals surface area contributed by atoms with Crippen LogP contribution in [0.15, 0.2) is 47.4 Å². The average molecular weight is 457 g/mol. The second-order valence-electron chi connectivity index (χ2n) is 7.46. The minimum atomic E-state index is -4.23. The van der Waals surface area contributed by atoms with Crippen LogP contribution in [0.25, 0.3) is 0 Å².